The summed E-state index contributed by atoms with van der Waals surface area (Å²) in [6.07, 6.45) is 6.78. The van der Waals surface area contributed by atoms with Gasteiger partial charge in [0.05, 0.1) is 4.90 Å². The first-order chi connectivity index (χ1) is 9.52. The van der Waals surface area contributed by atoms with Gasteiger partial charge in [0.25, 0.3) is 10.0 Å². The summed E-state index contributed by atoms with van der Waals surface area (Å²) in [6, 6.07) is 6.83. The largest absolute Gasteiger partial charge is 0.276 e. The molecule has 0 radical (unpaired) electrons. The van der Waals surface area contributed by atoms with E-state index >= 15 is 0 Å². The van der Waals surface area contributed by atoms with Crippen molar-refractivity contribution < 1.29 is 8.42 Å². The summed E-state index contributed by atoms with van der Waals surface area (Å²) in [7, 11) is -3.54. The summed E-state index contributed by atoms with van der Waals surface area (Å²) in [5.41, 5.74) is 2.33. The summed E-state index contributed by atoms with van der Waals surface area (Å²) in [4.78, 5) is 2.69. The smallest absolute Gasteiger partial charge is 0.200 e. The molecule has 0 aliphatic heterocycles. The number of nitrogens with zero attached hydrogens (tertiary/aromatic N) is 1. The number of hydrogen-bond donors (Lipinski definition) is 1. The molecule has 0 atom stereocenters. The standard InChI is InChI=1S/C15H20N2O2S/c1-12-5-7-13(8-6-12)20(18,19)17-16-14-4-2-3-9-15(14)10-11-15/h5-8,17H,2-4,9-11H2,1H3/b16-14+. The molecular formula is C15H20N2O2S. The highest BCUT2D eigenvalue weighted by Crippen LogP contribution is 2.54. The van der Waals surface area contributed by atoms with Crippen molar-refractivity contribution in [3.05, 3.63) is 29.8 Å². The van der Waals surface area contributed by atoms with E-state index in [2.05, 4.69) is 9.93 Å². The highest BCUT2D eigenvalue weighted by molar-refractivity contribution is 7.89. The summed E-state index contributed by atoms with van der Waals surface area (Å²) in [5.74, 6) is 0. The number of nitrogens with one attached hydrogen (secondary N) is 1. The van der Waals surface area contributed by atoms with Gasteiger partial charge in [0.15, 0.2) is 0 Å². The topological polar surface area (TPSA) is 58.5 Å². The van der Waals surface area contributed by atoms with Crippen LogP contribution in [0.4, 0.5) is 0 Å². The van der Waals surface area contributed by atoms with E-state index in [9.17, 15) is 8.42 Å². The van der Waals surface area contributed by atoms with Gasteiger partial charge in [-0.15, -0.1) is 0 Å². The Morgan fingerprint density at radius 2 is 1.80 bits per heavy atom. The molecule has 108 valence electrons. The summed E-state index contributed by atoms with van der Waals surface area (Å²) in [5, 5.41) is 4.25. The molecule has 5 heteroatoms. The SMILES string of the molecule is Cc1ccc(S(=O)(=O)N/N=C2\CCCCC23CC3)cc1. The third kappa shape index (κ3) is 2.59. The van der Waals surface area contributed by atoms with Gasteiger partial charge >= 0.3 is 0 Å². The molecule has 2 aliphatic rings. The lowest BCUT2D eigenvalue weighted by molar-refractivity contribution is 0.511. The van der Waals surface area contributed by atoms with Crippen molar-refractivity contribution in [2.24, 2.45) is 10.5 Å². The van der Waals surface area contributed by atoms with Gasteiger partial charge in [-0.2, -0.15) is 13.5 Å². The van der Waals surface area contributed by atoms with E-state index in [-0.39, 0.29) is 10.3 Å². The minimum Gasteiger partial charge on any atom is -0.200 e. The maximum atomic E-state index is 12.2. The van der Waals surface area contributed by atoms with Gasteiger partial charge in [0.1, 0.15) is 0 Å². The number of sulfonamides is 1. The van der Waals surface area contributed by atoms with Crippen LogP contribution in [0.2, 0.25) is 0 Å². The second kappa shape index (κ2) is 4.88. The number of aryl methyl sites for hydroxylation is 1. The molecule has 3 rings (SSSR count). The molecule has 4 nitrogen and oxygen atoms in total. The summed E-state index contributed by atoms with van der Waals surface area (Å²) in [6.45, 7) is 1.93. The van der Waals surface area contributed by atoms with E-state index in [1.807, 2.05) is 6.92 Å². The van der Waals surface area contributed by atoms with Crippen molar-refractivity contribution in [1.29, 1.82) is 0 Å². The first kappa shape index (κ1) is 13.6. The number of benzene rings is 1. The van der Waals surface area contributed by atoms with E-state index in [0.717, 1.165) is 43.4 Å². The van der Waals surface area contributed by atoms with Crippen molar-refractivity contribution in [3.8, 4) is 0 Å². The number of hydrazone groups is 1. The highest BCUT2D eigenvalue weighted by atomic mass is 32.2. The van der Waals surface area contributed by atoms with Crippen LogP contribution in [0.15, 0.2) is 34.3 Å². The van der Waals surface area contributed by atoms with Crippen LogP contribution in [0.5, 0.6) is 0 Å². The Morgan fingerprint density at radius 3 is 2.45 bits per heavy atom. The zero-order chi connectivity index (χ0) is 14.2. The highest BCUT2D eigenvalue weighted by Gasteiger charge is 2.48. The molecular weight excluding hydrogens is 272 g/mol. The predicted molar refractivity (Wildman–Crippen MR) is 79.1 cm³/mol. The Kier molecular flexibility index (Phi) is 3.32. The average Bonchev–Trinajstić information content (AvgIpc) is 3.19. The normalized spacial score (nSPS) is 22.9. The summed E-state index contributed by atoms with van der Waals surface area (Å²) >= 11 is 0. The zero-order valence-corrected chi connectivity index (χ0v) is 12.5. The van der Waals surface area contributed by atoms with Crippen LogP contribution in [-0.2, 0) is 10.0 Å². The zero-order valence-electron chi connectivity index (χ0n) is 11.7. The molecule has 0 bridgehead atoms. The quantitative estimate of drug-likeness (QED) is 0.871. The minimum atomic E-state index is -3.54. The molecule has 2 saturated carbocycles. The molecule has 1 spiro atoms. The van der Waals surface area contributed by atoms with E-state index in [4.69, 9.17) is 0 Å². The Hall–Kier alpha value is -1.36. The van der Waals surface area contributed by atoms with Gasteiger partial charge in [-0.3, -0.25) is 0 Å². The fraction of sp³-hybridized carbons (Fsp3) is 0.533. The van der Waals surface area contributed by atoms with Gasteiger partial charge in [-0.05, 0) is 51.2 Å². The van der Waals surface area contributed by atoms with E-state index in [0.29, 0.717) is 0 Å². The van der Waals surface area contributed by atoms with Crippen LogP contribution in [-0.4, -0.2) is 14.1 Å². The maximum absolute atomic E-state index is 12.2. The summed E-state index contributed by atoms with van der Waals surface area (Å²) < 4.78 is 24.4. The minimum absolute atomic E-state index is 0.230. The molecule has 2 fully saturated rings. The second-order valence-electron chi connectivity index (χ2n) is 5.95. The Balaban J connectivity index is 1.78. The third-order valence-corrected chi connectivity index (χ3v) is 5.64. The van der Waals surface area contributed by atoms with Crippen molar-refractivity contribution in [2.45, 2.75) is 50.3 Å². The Bertz CT molecular complexity index is 628. The first-order valence-electron chi connectivity index (χ1n) is 7.17. The molecule has 0 aromatic heterocycles. The monoisotopic (exact) mass is 292 g/mol. The van der Waals surface area contributed by atoms with Crippen LogP contribution in [0, 0.1) is 12.3 Å². The first-order valence-corrected chi connectivity index (χ1v) is 8.66. The Morgan fingerprint density at radius 1 is 1.10 bits per heavy atom. The molecule has 1 aromatic carbocycles. The lowest BCUT2D eigenvalue weighted by Crippen LogP contribution is -2.26. The molecule has 2 aliphatic carbocycles. The van der Waals surface area contributed by atoms with Crippen LogP contribution < -0.4 is 4.83 Å². The molecule has 1 aromatic rings. The van der Waals surface area contributed by atoms with Crippen LogP contribution in [0.25, 0.3) is 0 Å². The van der Waals surface area contributed by atoms with Gasteiger partial charge in [-0.25, -0.2) is 4.83 Å². The van der Waals surface area contributed by atoms with Crippen LogP contribution in [0.1, 0.15) is 44.1 Å². The van der Waals surface area contributed by atoms with E-state index < -0.39 is 10.0 Å². The van der Waals surface area contributed by atoms with E-state index in [1.54, 1.807) is 24.3 Å². The molecule has 1 N–H and O–H groups in total. The molecule has 0 unspecified atom stereocenters. The van der Waals surface area contributed by atoms with Gasteiger partial charge in [-0.1, -0.05) is 24.1 Å². The lowest BCUT2D eigenvalue weighted by atomic mass is 9.84. The van der Waals surface area contributed by atoms with Crippen molar-refractivity contribution >= 4 is 15.7 Å². The molecule has 0 heterocycles. The number of rotatable bonds is 3. The van der Waals surface area contributed by atoms with E-state index in [1.165, 1.54) is 6.42 Å². The fourth-order valence-electron chi connectivity index (χ4n) is 2.91. The van der Waals surface area contributed by atoms with Gasteiger partial charge in [0, 0.05) is 11.1 Å². The Labute approximate surface area is 120 Å². The lowest BCUT2D eigenvalue weighted by Gasteiger charge is -2.23. The molecule has 0 saturated heterocycles. The third-order valence-electron chi connectivity index (χ3n) is 4.42. The fourth-order valence-corrected chi connectivity index (χ4v) is 3.74. The van der Waals surface area contributed by atoms with Crippen molar-refractivity contribution in [1.82, 2.24) is 4.83 Å². The van der Waals surface area contributed by atoms with Crippen molar-refractivity contribution in [2.75, 3.05) is 0 Å². The van der Waals surface area contributed by atoms with Crippen LogP contribution >= 0.6 is 0 Å². The molecule has 0 amide bonds. The van der Waals surface area contributed by atoms with Crippen LogP contribution in [0.3, 0.4) is 0 Å². The maximum Gasteiger partial charge on any atom is 0.276 e. The number of hydrogen-bond acceptors (Lipinski definition) is 3. The predicted octanol–water partition coefficient (Wildman–Crippen LogP) is 2.98. The van der Waals surface area contributed by atoms with Crippen molar-refractivity contribution in [3.63, 3.8) is 0 Å². The molecule has 20 heavy (non-hydrogen) atoms. The van der Waals surface area contributed by atoms with Gasteiger partial charge < -0.3 is 0 Å². The van der Waals surface area contributed by atoms with Gasteiger partial charge in [0.2, 0.25) is 0 Å². The average molecular weight is 292 g/mol. The second-order valence-corrected chi connectivity index (χ2v) is 7.61.